The van der Waals surface area contributed by atoms with Gasteiger partial charge in [-0.2, -0.15) is 0 Å². The molecule has 4 aliphatic rings. The number of carbonyl (C=O) groups is 2. The van der Waals surface area contributed by atoms with E-state index in [1.54, 1.807) is 26.4 Å². The van der Waals surface area contributed by atoms with Gasteiger partial charge < -0.3 is 28.7 Å². The molecular formula is C34H42N4O6. The van der Waals surface area contributed by atoms with Crippen LogP contribution in [0, 0.1) is 0 Å². The minimum Gasteiger partial charge on any atom is -0.497 e. The molecule has 0 radical (unpaired) electrons. The van der Waals surface area contributed by atoms with E-state index in [2.05, 4.69) is 9.98 Å². The Kier molecular flexibility index (Phi) is 9.57. The van der Waals surface area contributed by atoms with E-state index in [0.717, 1.165) is 51.4 Å². The van der Waals surface area contributed by atoms with Gasteiger partial charge in [0.1, 0.15) is 11.5 Å². The fourth-order valence-corrected chi connectivity index (χ4v) is 6.62. The van der Waals surface area contributed by atoms with Crippen molar-refractivity contribution in [2.75, 3.05) is 40.5 Å². The quantitative estimate of drug-likeness (QED) is 0.286. The van der Waals surface area contributed by atoms with Crippen molar-refractivity contribution in [3.05, 3.63) is 47.5 Å². The Hall–Kier alpha value is -3.76. The van der Waals surface area contributed by atoms with Gasteiger partial charge in [-0.05, 0) is 62.1 Å². The van der Waals surface area contributed by atoms with Gasteiger partial charge in [-0.25, -0.2) is 0 Å². The zero-order chi connectivity index (χ0) is 30.5. The van der Waals surface area contributed by atoms with E-state index in [1.165, 1.54) is 0 Å². The molecule has 44 heavy (non-hydrogen) atoms. The van der Waals surface area contributed by atoms with E-state index < -0.39 is 0 Å². The van der Waals surface area contributed by atoms with Crippen LogP contribution in [-0.4, -0.2) is 98.9 Å². The molecule has 2 aromatic rings. The lowest BCUT2D eigenvalue weighted by atomic mass is 10.1. The number of hydrogen-bond acceptors (Lipinski definition) is 8. The summed E-state index contributed by atoms with van der Waals surface area (Å²) in [5.74, 6) is 1.30. The molecule has 10 nitrogen and oxygen atoms in total. The lowest BCUT2D eigenvalue weighted by molar-refractivity contribution is 0.0392. The average molecular weight is 603 g/mol. The average Bonchev–Trinajstić information content (AvgIpc) is 3.58. The number of carbonyl (C=O) groups excluding carboxylic acids is 2. The van der Waals surface area contributed by atoms with Crippen molar-refractivity contribution in [1.29, 1.82) is 0 Å². The highest BCUT2D eigenvalue weighted by Gasteiger charge is 2.40. The maximum atomic E-state index is 13.2. The topological polar surface area (TPSA) is 102 Å². The molecule has 6 rings (SSSR count). The normalized spacial score (nSPS) is 23.6. The van der Waals surface area contributed by atoms with Gasteiger partial charge in [-0.1, -0.05) is 25.7 Å². The monoisotopic (exact) mass is 602 g/mol. The molecule has 0 saturated carbocycles. The summed E-state index contributed by atoms with van der Waals surface area (Å²) in [7, 11) is 3.20. The molecule has 10 heteroatoms. The highest BCUT2D eigenvalue weighted by atomic mass is 16.5. The molecule has 0 bridgehead atoms. The van der Waals surface area contributed by atoms with Crippen molar-refractivity contribution in [3.8, 4) is 11.5 Å². The number of benzene rings is 2. The molecule has 4 atom stereocenters. The lowest BCUT2D eigenvalue weighted by Crippen LogP contribution is -2.40. The molecule has 0 N–H and O–H groups in total. The predicted octanol–water partition coefficient (Wildman–Crippen LogP) is 5.38. The fraction of sp³-hybridized carbons (Fsp3) is 0.529. The van der Waals surface area contributed by atoms with Gasteiger partial charge >= 0.3 is 0 Å². The van der Waals surface area contributed by atoms with Gasteiger partial charge in [-0.3, -0.25) is 19.6 Å². The van der Waals surface area contributed by atoms with Gasteiger partial charge in [-0.15, -0.1) is 0 Å². The Morgan fingerprint density at radius 2 is 1.09 bits per heavy atom. The van der Waals surface area contributed by atoms with E-state index in [1.807, 2.05) is 46.5 Å². The van der Waals surface area contributed by atoms with Crippen molar-refractivity contribution in [2.24, 2.45) is 9.98 Å². The third-order valence-corrected chi connectivity index (χ3v) is 9.12. The zero-order valence-corrected chi connectivity index (χ0v) is 25.7. The molecule has 2 fully saturated rings. The van der Waals surface area contributed by atoms with Crippen LogP contribution >= 0.6 is 0 Å². The summed E-state index contributed by atoms with van der Waals surface area (Å²) in [6.07, 6.45) is 11.9. The zero-order valence-electron chi connectivity index (χ0n) is 25.7. The number of ether oxygens (including phenoxy) is 4. The SMILES string of the molecule is COc1ccc2c(c1)C(=O)N1CCC(OCCCCCCCCOC3CCN4C(=O)c5cc(OC)ccc5N=C[C@H]34)[C@H]1C=N2. The van der Waals surface area contributed by atoms with Crippen molar-refractivity contribution in [3.63, 3.8) is 0 Å². The van der Waals surface area contributed by atoms with Crippen molar-refractivity contribution < 1.29 is 28.5 Å². The summed E-state index contributed by atoms with van der Waals surface area (Å²) < 4.78 is 23.1. The first-order valence-corrected chi connectivity index (χ1v) is 15.9. The van der Waals surface area contributed by atoms with Crippen LogP contribution in [0.2, 0.25) is 0 Å². The van der Waals surface area contributed by atoms with E-state index in [9.17, 15) is 9.59 Å². The van der Waals surface area contributed by atoms with Crippen LogP contribution in [0.4, 0.5) is 11.4 Å². The minimum absolute atomic E-state index is 0.00999. The summed E-state index contributed by atoms with van der Waals surface area (Å²) in [5, 5.41) is 0. The molecular weight excluding hydrogens is 560 g/mol. The number of unbranched alkanes of at least 4 members (excludes halogenated alkanes) is 5. The first-order valence-electron chi connectivity index (χ1n) is 15.9. The van der Waals surface area contributed by atoms with E-state index in [4.69, 9.17) is 18.9 Å². The lowest BCUT2D eigenvalue weighted by Gasteiger charge is -2.24. The summed E-state index contributed by atoms with van der Waals surface area (Å²) in [4.78, 5) is 39.3. The van der Waals surface area contributed by atoms with Crippen LogP contribution in [0.15, 0.2) is 46.4 Å². The first kappa shape index (κ1) is 30.3. The molecule has 0 aliphatic carbocycles. The molecule has 2 saturated heterocycles. The Morgan fingerprint density at radius 1 is 0.659 bits per heavy atom. The third-order valence-electron chi connectivity index (χ3n) is 9.12. The molecule has 4 heterocycles. The highest BCUT2D eigenvalue weighted by molar-refractivity contribution is 6.04. The van der Waals surface area contributed by atoms with Crippen LogP contribution in [0.5, 0.6) is 11.5 Å². The second-order valence-electron chi connectivity index (χ2n) is 11.8. The Labute approximate surface area is 259 Å². The molecule has 2 unspecified atom stereocenters. The Bertz CT molecular complexity index is 1300. The molecule has 0 spiro atoms. The van der Waals surface area contributed by atoms with Crippen molar-refractivity contribution in [1.82, 2.24) is 9.80 Å². The summed E-state index contributed by atoms with van der Waals surface area (Å²) in [6.45, 7) is 2.73. The minimum atomic E-state index is -0.131. The molecule has 234 valence electrons. The van der Waals surface area contributed by atoms with Crippen molar-refractivity contribution in [2.45, 2.75) is 75.7 Å². The van der Waals surface area contributed by atoms with Crippen LogP contribution in [-0.2, 0) is 9.47 Å². The van der Waals surface area contributed by atoms with Gasteiger partial charge in [0.15, 0.2) is 0 Å². The molecule has 2 amide bonds. The highest BCUT2D eigenvalue weighted by Crippen LogP contribution is 2.34. The maximum absolute atomic E-state index is 13.2. The Balaban J connectivity index is 0.854. The smallest absolute Gasteiger partial charge is 0.256 e. The molecule has 0 aromatic heterocycles. The third kappa shape index (κ3) is 6.37. The second-order valence-corrected chi connectivity index (χ2v) is 11.8. The maximum Gasteiger partial charge on any atom is 0.256 e. The summed E-state index contributed by atoms with van der Waals surface area (Å²) >= 11 is 0. The Morgan fingerprint density at radius 3 is 1.52 bits per heavy atom. The van der Waals surface area contributed by atoms with Gasteiger partial charge in [0.25, 0.3) is 11.8 Å². The largest absolute Gasteiger partial charge is 0.497 e. The molecule has 4 aliphatic heterocycles. The number of nitrogens with zero attached hydrogens (tertiary/aromatic N) is 4. The summed E-state index contributed by atoms with van der Waals surface area (Å²) in [6, 6.07) is 10.6. The number of aliphatic imine (C=N–C) groups is 2. The second kappa shape index (κ2) is 13.9. The van der Waals surface area contributed by atoms with Gasteiger partial charge in [0, 0.05) is 38.7 Å². The van der Waals surface area contributed by atoms with E-state index >= 15 is 0 Å². The molecule has 2 aromatic carbocycles. The van der Waals surface area contributed by atoms with Gasteiger partial charge in [0.2, 0.25) is 0 Å². The van der Waals surface area contributed by atoms with E-state index in [0.29, 0.717) is 60.3 Å². The van der Waals surface area contributed by atoms with Crippen LogP contribution in [0.25, 0.3) is 0 Å². The van der Waals surface area contributed by atoms with Crippen LogP contribution < -0.4 is 9.47 Å². The predicted molar refractivity (Wildman–Crippen MR) is 168 cm³/mol. The fourth-order valence-electron chi connectivity index (χ4n) is 6.62. The van der Waals surface area contributed by atoms with Crippen molar-refractivity contribution >= 4 is 35.6 Å². The van der Waals surface area contributed by atoms with Crippen LogP contribution in [0.1, 0.15) is 72.1 Å². The number of methoxy groups -OCH3 is 2. The number of hydrogen-bond donors (Lipinski definition) is 0. The first-order chi connectivity index (χ1) is 21.6. The number of rotatable bonds is 13. The number of fused-ring (bicyclic) bond motifs is 4. The standard InChI is InChI=1S/C34H42N4O6/c1-41-23-9-11-27-25(19-23)33(39)37-15-13-31(29(37)21-35-27)43-17-7-5-3-4-6-8-18-44-32-14-16-38-30(32)22-36-28-12-10-24(42-2)20-26(28)34(38)40/h9-12,19-22,29-32H,3-8,13-18H2,1-2H3/t29-,30-,31?,32?/m1/s1. The number of amides is 2. The van der Waals surface area contributed by atoms with Crippen LogP contribution in [0.3, 0.4) is 0 Å². The summed E-state index contributed by atoms with van der Waals surface area (Å²) in [5.41, 5.74) is 2.53. The van der Waals surface area contributed by atoms with Gasteiger partial charge in [0.05, 0.1) is 61.0 Å². The van der Waals surface area contributed by atoms with E-state index in [-0.39, 0.29) is 36.1 Å².